The second-order valence-electron chi connectivity index (χ2n) is 3.07. The van der Waals surface area contributed by atoms with Crippen LogP contribution in [0, 0.1) is 0 Å². The molecule has 0 aliphatic rings. The van der Waals surface area contributed by atoms with Gasteiger partial charge in [-0.25, -0.2) is 0 Å². The van der Waals surface area contributed by atoms with Gasteiger partial charge < -0.3 is 0 Å². The van der Waals surface area contributed by atoms with Gasteiger partial charge in [-0.05, 0) is 37.0 Å². The Balaban J connectivity index is 2.45. The molecule has 0 atom stereocenters. The van der Waals surface area contributed by atoms with Crippen molar-refractivity contribution in [1.82, 2.24) is 0 Å². The van der Waals surface area contributed by atoms with Crippen LogP contribution in [0.15, 0.2) is 24.3 Å². The van der Waals surface area contributed by atoms with E-state index in [0.29, 0.717) is 17.9 Å². The smallest absolute Gasteiger partial charge is 0.183 e. The highest BCUT2D eigenvalue weighted by atomic mass is 35.5. The summed E-state index contributed by atoms with van der Waals surface area (Å²) < 4.78 is 20.8. The van der Waals surface area contributed by atoms with E-state index in [4.69, 9.17) is 23.2 Å². The van der Waals surface area contributed by atoms with Crippen molar-refractivity contribution >= 4 is 37.8 Å². The molecule has 82 valence electrons. The molecular formula is C10H10Cl2O2S. The first-order valence-electron chi connectivity index (χ1n) is 4.44. The summed E-state index contributed by atoms with van der Waals surface area (Å²) in [6.45, 7) is 0. The van der Waals surface area contributed by atoms with Crippen LogP contribution in [-0.4, -0.2) is 12.7 Å². The van der Waals surface area contributed by atoms with Gasteiger partial charge in [-0.3, -0.25) is 0 Å². The van der Waals surface area contributed by atoms with Gasteiger partial charge in [0.05, 0.1) is 0 Å². The summed E-state index contributed by atoms with van der Waals surface area (Å²) >= 11 is 11.2. The minimum atomic E-state index is -2.26. The third kappa shape index (κ3) is 4.69. The van der Waals surface area contributed by atoms with E-state index < -0.39 is 10.3 Å². The van der Waals surface area contributed by atoms with Crippen molar-refractivity contribution in [2.24, 2.45) is 0 Å². The fourth-order valence-electron chi connectivity index (χ4n) is 1.17. The molecule has 15 heavy (non-hydrogen) atoms. The van der Waals surface area contributed by atoms with Crippen molar-refractivity contribution in [3.63, 3.8) is 0 Å². The zero-order chi connectivity index (χ0) is 11.3. The molecule has 1 aromatic rings. The zero-order valence-corrected chi connectivity index (χ0v) is 10.2. The lowest BCUT2D eigenvalue weighted by atomic mass is 10.1. The molecule has 0 spiro atoms. The van der Waals surface area contributed by atoms with Crippen molar-refractivity contribution in [2.75, 3.05) is 0 Å². The number of hydrogen-bond acceptors (Lipinski definition) is 2. The van der Waals surface area contributed by atoms with Crippen molar-refractivity contribution in [2.45, 2.75) is 19.3 Å². The predicted octanol–water partition coefficient (Wildman–Crippen LogP) is 2.91. The average molecular weight is 265 g/mol. The molecule has 2 nitrogen and oxygen atoms in total. The summed E-state index contributed by atoms with van der Waals surface area (Å²) in [5, 5.41) is 0.698. The SMILES string of the molecule is O=S(=O)=C(Cl)CCCc1ccc(Cl)cc1. The summed E-state index contributed by atoms with van der Waals surface area (Å²) in [5.41, 5.74) is 1.13. The minimum absolute atomic E-state index is 0.0102. The zero-order valence-electron chi connectivity index (χ0n) is 7.91. The van der Waals surface area contributed by atoms with E-state index >= 15 is 0 Å². The number of halogens is 2. The summed E-state index contributed by atoms with van der Waals surface area (Å²) in [6, 6.07) is 7.47. The Kier molecular flexibility index (Phi) is 5.15. The second kappa shape index (κ2) is 6.16. The van der Waals surface area contributed by atoms with Crippen LogP contribution < -0.4 is 0 Å². The minimum Gasteiger partial charge on any atom is -0.183 e. The van der Waals surface area contributed by atoms with E-state index in [1.807, 2.05) is 24.3 Å². The van der Waals surface area contributed by atoms with Gasteiger partial charge in [-0.1, -0.05) is 35.3 Å². The van der Waals surface area contributed by atoms with Gasteiger partial charge >= 0.3 is 0 Å². The molecule has 0 bridgehead atoms. The van der Waals surface area contributed by atoms with Crippen molar-refractivity contribution in [1.29, 1.82) is 0 Å². The maximum atomic E-state index is 10.4. The molecule has 0 N–H and O–H groups in total. The Morgan fingerprint density at radius 1 is 1.20 bits per heavy atom. The van der Waals surface area contributed by atoms with E-state index in [2.05, 4.69) is 0 Å². The molecule has 0 heterocycles. The molecular weight excluding hydrogens is 255 g/mol. The molecule has 0 saturated carbocycles. The van der Waals surface area contributed by atoms with Crippen LogP contribution >= 0.6 is 23.2 Å². The van der Waals surface area contributed by atoms with Gasteiger partial charge in [0.2, 0.25) is 10.3 Å². The number of rotatable bonds is 4. The van der Waals surface area contributed by atoms with Crippen LogP contribution in [-0.2, 0) is 16.7 Å². The normalized spacial score (nSPS) is 10.0. The lowest BCUT2D eigenvalue weighted by Gasteiger charge is -1.99. The highest BCUT2D eigenvalue weighted by molar-refractivity contribution is 7.76. The third-order valence-corrected chi connectivity index (χ3v) is 3.32. The number of hydrogen-bond donors (Lipinski definition) is 0. The van der Waals surface area contributed by atoms with Gasteiger partial charge in [0, 0.05) is 5.02 Å². The molecule has 5 heteroatoms. The molecule has 0 aliphatic heterocycles. The van der Waals surface area contributed by atoms with Crippen LogP contribution in [0.1, 0.15) is 18.4 Å². The maximum absolute atomic E-state index is 10.4. The van der Waals surface area contributed by atoms with Crippen LogP contribution in [0.25, 0.3) is 0 Å². The summed E-state index contributed by atoms with van der Waals surface area (Å²) in [4.78, 5) is 0. The van der Waals surface area contributed by atoms with Crippen molar-refractivity contribution in [3.8, 4) is 0 Å². The van der Waals surface area contributed by atoms with Gasteiger partial charge in [-0.2, -0.15) is 8.42 Å². The largest absolute Gasteiger partial charge is 0.228 e. The fourth-order valence-corrected chi connectivity index (χ4v) is 1.74. The standard InChI is InChI=1S/C10H10Cl2O2S/c11-9-6-4-8(5-7-9)2-1-3-10(12)15(13)14/h4-7H,1-3H2. The lowest BCUT2D eigenvalue weighted by molar-refractivity contribution is 0.627. The van der Waals surface area contributed by atoms with E-state index in [0.717, 1.165) is 12.0 Å². The fraction of sp³-hybridized carbons (Fsp3) is 0.300. The van der Waals surface area contributed by atoms with Crippen LogP contribution in [0.2, 0.25) is 5.02 Å². The molecule has 0 aromatic heterocycles. The molecule has 0 aliphatic carbocycles. The monoisotopic (exact) mass is 264 g/mol. The molecule has 0 radical (unpaired) electrons. The topological polar surface area (TPSA) is 34.1 Å². The number of benzene rings is 1. The van der Waals surface area contributed by atoms with Gasteiger partial charge in [0.1, 0.15) is 4.32 Å². The molecule has 1 rings (SSSR count). The van der Waals surface area contributed by atoms with Crippen molar-refractivity contribution in [3.05, 3.63) is 34.9 Å². The Morgan fingerprint density at radius 3 is 2.33 bits per heavy atom. The van der Waals surface area contributed by atoms with E-state index in [1.165, 1.54) is 0 Å². The van der Waals surface area contributed by atoms with Crippen molar-refractivity contribution < 1.29 is 8.42 Å². The van der Waals surface area contributed by atoms with E-state index in [9.17, 15) is 8.42 Å². The highest BCUT2D eigenvalue weighted by Crippen LogP contribution is 2.12. The summed E-state index contributed by atoms with van der Waals surface area (Å²) in [5.74, 6) is 0. The summed E-state index contributed by atoms with van der Waals surface area (Å²) in [7, 11) is -2.26. The van der Waals surface area contributed by atoms with E-state index in [-0.39, 0.29) is 4.32 Å². The van der Waals surface area contributed by atoms with Crippen LogP contribution in [0.3, 0.4) is 0 Å². The van der Waals surface area contributed by atoms with Gasteiger partial charge in [-0.15, -0.1) is 0 Å². The quantitative estimate of drug-likeness (QED) is 0.619. The first-order valence-corrected chi connectivity index (χ1v) is 6.27. The molecule has 0 saturated heterocycles. The Labute approximate surface area is 100 Å². The third-order valence-electron chi connectivity index (χ3n) is 1.93. The molecule has 1 aromatic carbocycles. The van der Waals surface area contributed by atoms with Gasteiger partial charge in [0.25, 0.3) is 0 Å². The predicted molar refractivity (Wildman–Crippen MR) is 64.2 cm³/mol. The summed E-state index contributed by atoms with van der Waals surface area (Å²) in [6.07, 6.45) is 1.90. The Morgan fingerprint density at radius 2 is 1.80 bits per heavy atom. The average Bonchev–Trinajstić information content (AvgIpc) is 2.20. The molecule has 0 unspecified atom stereocenters. The van der Waals surface area contributed by atoms with Crippen LogP contribution in [0.5, 0.6) is 0 Å². The number of aryl methyl sites for hydroxylation is 1. The molecule has 0 amide bonds. The first-order chi connectivity index (χ1) is 7.09. The van der Waals surface area contributed by atoms with Crippen LogP contribution in [0.4, 0.5) is 0 Å². The maximum Gasteiger partial charge on any atom is 0.228 e. The Hall–Kier alpha value is -0.510. The molecule has 0 fully saturated rings. The Bertz CT molecular complexity index is 441. The van der Waals surface area contributed by atoms with Gasteiger partial charge in [0.15, 0.2) is 0 Å². The highest BCUT2D eigenvalue weighted by Gasteiger charge is 1.98. The second-order valence-corrected chi connectivity index (χ2v) is 5.15. The van der Waals surface area contributed by atoms with E-state index in [1.54, 1.807) is 0 Å². The lowest BCUT2D eigenvalue weighted by Crippen LogP contribution is -1.92. The first kappa shape index (κ1) is 12.6.